The minimum Gasteiger partial charge on any atom is -0.478 e. The fourth-order valence-corrected chi connectivity index (χ4v) is 3.28. The van der Waals surface area contributed by atoms with E-state index in [-0.39, 0.29) is 17.0 Å². The maximum atomic E-state index is 12.7. The van der Waals surface area contributed by atoms with E-state index >= 15 is 0 Å². The summed E-state index contributed by atoms with van der Waals surface area (Å²) in [5.41, 5.74) is 3.06. The van der Waals surface area contributed by atoms with E-state index in [4.69, 9.17) is 0 Å². The third kappa shape index (κ3) is 2.59. The largest absolute Gasteiger partial charge is 0.478 e. The van der Waals surface area contributed by atoms with Crippen LogP contribution < -0.4 is 5.56 Å². The van der Waals surface area contributed by atoms with Gasteiger partial charge in [0.15, 0.2) is 0 Å². The molecule has 3 N–H and O–H groups in total. The molecule has 3 heterocycles. The Labute approximate surface area is 141 Å². The highest BCUT2D eigenvalue weighted by molar-refractivity contribution is 5.97. The molecule has 0 atom stereocenters. The zero-order chi connectivity index (χ0) is 17.6. The van der Waals surface area contributed by atoms with Gasteiger partial charge in [0, 0.05) is 59.5 Å². The molecule has 0 saturated carbocycles. The topological polar surface area (TPSA) is 106 Å². The molecule has 0 bridgehead atoms. The number of benzene rings is 1. The predicted molar refractivity (Wildman–Crippen MR) is 90.8 cm³/mol. The molecular weight excluding hydrogens is 322 g/mol. The lowest BCUT2D eigenvalue weighted by Gasteiger charge is -2.27. The number of rotatable bonds is 2. The van der Waals surface area contributed by atoms with Crippen LogP contribution in [0, 0.1) is 0 Å². The van der Waals surface area contributed by atoms with Gasteiger partial charge in [-0.3, -0.25) is 9.59 Å². The van der Waals surface area contributed by atoms with Gasteiger partial charge in [-0.2, -0.15) is 0 Å². The van der Waals surface area contributed by atoms with Crippen LogP contribution in [-0.2, 0) is 13.0 Å². The molecule has 0 aliphatic carbocycles. The number of aromatic carboxylic acids is 1. The van der Waals surface area contributed by atoms with Gasteiger partial charge in [-0.25, -0.2) is 4.79 Å². The van der Waals surface area contributed by atoms with Gasteiger partial charge in [0.05, 0.1) is 5.56 Å². The van der Waals surface area contributed by atoms with Gasteiger partial charge in [-0.15, -0.1) is 0 Å². The van der Waals surface area contributed by atoms with Gasteiger partial charge in [0.25, 0.3) is 5.91 Å². The minimum atomic E-state index is -0.982. The number of fused-ring (bicyclic) bond motifs is 3. The lowest BCUT2D eigenvalue weighted by Crippen LogP contribution is -2.36. The van der Waals surface area contributed by atoms with Gasteiger partial charge in [-0.1, -0.05) is 0 Å². The van der Waals surface area contributed by atoms with Crippen molar-refractivity contribution in [2.45, 2.75) is 13.0 Å². The van der Waals surface area contributed by atoms with Crippen molar-refractivity contribution in [3.8, 4) is 0 Å². The molecule has 3 aromatic rings. The van der Waals surface area contributed by atoms with Crippen molar-refractivity contribution < 1.29 is 14.7 Å². The maximum absolute atomic E-state index is 12.7. The third-order valence-electron chi connectivity index (χ3n) is 4.53. The van der Waals surface area contributed by atoms with Gasteiger partial charge in [0.2, 0.25) is 5.56 Å². The summed E-state index contributed by atoms with van der Waals surface area (Å²) >= 11 is 0. The van der Waals surface area contributed by atoms with Crippen LogP contribution in [0.15, 0.2) is 41.3 Å². The van der Waals surface area contributed by atoms with E-state index in [2.05, 4.69) is 9.97 Å². The van der Waals surface area contributed by atoms with E-state index in [1.54, 1.807) is 29.2 Å². The molecular formula is C18H15N3O4. The highest BCUT2D eigenvalue weighted by Crippen LogP contribution is 2.29. The highest BCUT2D eigenvalue weighted by atomic mass is 16.4. The summed E-state index contributed by atoms with van der Waals surface area (Å²) in [7, 11) is 0. The average molecular weight is 337 g/mol. The van der Waals surface area contributed by atoms with Crippen LogP contribution in [-0.4, -0.2) is 38.4 Å². The number of carbonyl (C=O) groups excluding carboxylic acids is 1. The normalized spacial score (nSPS) is 13.7. The molecule has 0 radical (unpaired) electrons. The molecule has 1 aromatic carbocycles. The molecule has 126 valence electrons. The Bertz CT molecular complexity index is 1060. The molecule has 1 aliphatic rings. The first-order valence-corrected chi connectivity index (χ1v) is 7.88. The van der Waals surface area contributed by atoms with Crippen molar-refractivity contribution in [2.75, 3.05) is 6.54 Å². The van der Waals surface area contributed by atoms with E-state index in [9.17, 15) is 19.5 Å². The minimum absolute atomic E-state index is 0.208. The zero-order valence-corrected chi connectivity index (χ0v) is 13.2. The second-order valence-corrected chi connectivity index (χ2v) is 6.07. The molecule has 0 fully saturated rings. The van der Waals surface area contributed by atoms with Crippen LogP contribution in [0.25, 0.3) is 10.9 Å². The number of hydrogen-bond acceptors (Lipinski definition) is 3. The number of aromatic nitrogens is 2. The van der Waals surface area contributed by atoms with Gasteiger partial charge in [-0.05, 0) is 24.3 Å². The number of hydrogen-bond donors (Lipinski definition) is 3. The Morgan fingerprint density at radius 1 is 1.12 bits per heavy atom. The summed E-state index contributed by atoms with van der Waals surface area (Å²) in [5.74, 6) is -1.19. The second-order valence-electron chi connectivity index (χ2n) is 6.07. The maximum Gasteiger partial charge on any atom is 0.335 e. The van der Waals surface area contributed by atoms with Crippen molar-refractivity contribution >= 4 is 22.8 Å². The summed E-state index contributed by atoms with van der Waals surface area (Å²) < 4.78 is 0. The molecule has 0 unspecified atom stereocenters. The second kappa shape index (κ2) is 5.62. The number of carboxylic acids is 1. The fraction of sp³-hybridized carbons (Fsp3) is 0.167. The van der Waals surface area contributed by atoms with E-state index in [0.717, 1.165) is 22.2 Å². The first kappa shape index (κ1) is 15.2. The van der Waals surface area contributed by atoms with Gasteiger partial charge in [0.1, 0.15) is 0 Å². The number of carboxylic acid groups (broad SMARTS) is 1. The summed E-state index contributed by atoms with van der Waals surface area (Å²) in [6.07, 6.45) is 2.11. The molecule has 4 rings (SSSR count). The predicted octanol–water partition coefficient (Wildman–Crippen LogP) is 1.75. The molecule has 25 heavy (non-hydrogen) atoms. The third-order valence-corrected chi connectivity index (χ3v) is 4.53. The van der Waals surface area contributed by atoms with Crippen molar-refractivity contribution in [1.29, 1.82) is 0 Å². The number of nitrogens with zero attached hydrogens (tertiary/aromatic N) is 1. The number of amides is 1. The Kier molecular flexibility index (Phi) is 3.42. The van der Waals surface area contributed by atoms with E-state index in [1.807, 2.05) is 0 Å². The lowest BCUT2D eigenvalue weighted by atomic mass is 10.0. The lowest BCUT2D eigenvalue weighted by molar-refractivity contribution is 0.0694. The van der Waals surface area contributed by atoms with Crippen molar-refractivity contribution in [3.63, 3.8) is 0 Å². The standard InChI is InChI=1S/C18H15N3O4/c22-16-8-10(3-5-19-16)17(23)21-6-4-15-13(9-21)12-7-11(18(24)25)1-2-14(12)20-15/h1-3,5,7-8,20H,4,6,9H2,(H,19,22)(H,24,25). The van der Waals surface area contributed by atoms with Crippen LogP contribution in [0.2, 0.25) is 0 Å². The Morgan fingerprint density at radius 2 is 1.96 bits per heavy atom. The van der Waals surface area contributed by atoms with Gasteiger partial charge >= 0.3 is 5.97 Å². The SMILES string of the molecule is O=C(O)c1ccc2[nH]c3c(c2c1)CN(C(=O)c1cc[nH]c(=O)c1)CC3. The monoisotopic (exact) mass is 337 g/mol. The number of pyridine rings is 1. The van der Waals surface area contributed by atoms with Crippen LogP contribution in [0.4, 0.5) is 0 Å². The number of nitrogens with one attached hydrogen (secondary N) is 2. The van der Waals surface area contributed by atoms with Crippen LogP contribution >= 0.6 is 0 Å². The van der Waals surface area contributed by atoms with E-state index < -0.39 is 5.97 Å². The number of aromatic amines is 2. The van der Waals surface area contributed by atoms with E-state index in [0.29, 0.717) is 25.1 Å². The molecule has 2 aromatic heterocycles. The van der Waals surface area contributed by atoms with E-state index in [1.165, 1.54) is 12.3 Å². The smallest absolute Gasteiger partial charge is 0.335 e. The molecule has 7 nitrogen and oxygen atoms in total. The zero-order valence-electron chi connectivity index (χ0n) is 13.2. The first-order chi connectivity index (χ1) is 12.0. The summed E-state index contributed by atoms with van der Waals surface area (Å²) in [6, 6.07) is 7.81. The first-order valence-electron chi connectivity index (χ1n) is 7.88. The molecule has 0 spiro atoms. The summed E-state index contributed by atoms with van der Waals surface area (Å²) in [5, 5.41) is 10.0. The van der Waals surface area contributed by atoms with Crippen molar-refractivity contribution in [3.05, 3.63) is 69.3 Å². The molecule has 7 heteroatoms. The van der Waals surface area contributed by atoms with Crippen LogP contribution in [0.3, 0.4) is 0 Å². The average Bonchev–Trinajstić information content (AvgIpc) is 2.98. The fourth-order valence-electron chi connectivity index (χ4n) is 3.28. The van der Waals surface area contributed by atoms with Crippen LogP contribution in [0.5, 0.6) is 0 Å². The highest BCUT2D eigenvalue weighted by Gasteiger charge is 2.25. The Hall–Kier alpha value is -3.35. The van der Waals surface area contributed by atoms with Crippen molar-refractivity contribution in [1.82, 2.24) is 14.9 Å². The van der Waals surface area contributed by atoms with Gasteiger partial charge < -0.3 is 20.0 Å². The Balaban J connectivity index is 1.71. The van der Waals surface area contributed by atoms with Crippen molar-refractivity contribution in [2.24, 2.45) is 0 Å². The molecule has 1 aliphatic heterocycles. The molecule has 1 amide bonds. The summed E-state index contributed by atoms with van der Waals surface area (Å²) in [4.78, 5) is 42.8. The Morgan fingerprint density at radius 3 is 2.72 bits per heavy atom. The number of H-pyrrole nitrogens is 2. The quantitative estimate of drug-likeness (QED) is 0.662. The van der Waals surface area contributed by atoms with Crippen LogP contribution in [0.1, 0.15) is 32.0 Å². The summed E-state index contributed by atoms with van der Waals surface area (Å²) in [6.45, 7) is 0.918. The number of carbonyl (C=O) groups is 2. The molecule has 0 saturated heterocycles.